The van der Waals surface area contributed by atoms with Gasteiger partial charge in [-0.2, -0.15) is 0 Å². The lowest BCUT2D eigenvalue weighted by molar-refractivity contribution is 0.317. The van der Waals surface area contributed by atoms with Gasteiger partial charge in [0.05, 0.1) is 12.3 Å². The molecule has 4 heteroatoms. The maximum atomic E-state index is 5.66. The molecule has 1 heterocycles. The van der Waals surface area contributed by atoms with Gasteiger partial charge in [0, 0.05) is 12.6 Å². The Balaban J connectivity index is 2.02. The second kappa shape index (κ2) is 6.75. The maximum absolute atomic E-state index is 5.66. The SMILES string of the molecule is CCCOc1ccc(Oc2cccc(CN)n2)cc1. The maximum Gasteiger partial charge on any atom is 0.219 e. The number of ether oxygens (including phenoxy) is 2. The largest absolute Gasteiger partial charge is 0.494 e. The standard InChI is InChI=1S/C15H18N2O2/c1-2-10-18-13-6-8-14(9-7-13)19-15-5-3-4-12(11-16)17-15/h3-9H,2,10-11,16H2,1H3. The lowest BCUT2D eigenvalue weighted by atomic mass is 10.3. The molecule has 0 saturated heterocycles. The van der Waals surface area contributed by atoms with Crippen LogP contribution in [-0.4, -0.2) is 11.6 Å². The van der Waals surface area contributed by atoms with E-state index in [1.165, 1.54) is 0 Å². The molecule has 4 nitrogen and oxygen atoms in total. The van der Waals surface area contributed by atoms with Crippen molar-refractivity contribution in [2.75, 3.05) is 6.61 Å². The zero-order chi connectivity index (χ0) is 13.5. The minimum atomic E-state index is 0.404. The molecule has 0 aliphatic heterocycles. The first-order valence-corrected chi connectivity index (χ1v) is 6.38. The molecule has 19 heavy (non-hydrogen) atoms. The van der Waals surface area contributed by atoms with Crippen LogP contribution in [0.3, 0.4) is 0 Å². The van der Waals surface area contributed by atoms with Crippen molar-refractivity contribution in [1.29, 1.82) is 0 Å². The Morgan fingerprint density at radius 1 is 1.05 bits per heavy atom. The van der Waals surface area contributed by atoms with Crippen LogP contribution in [-0.2, 0) is 6.54 Å². The third-order valence-electron chi connectivity index (χ3n) is 2.51. The summed E-state index contributed by atoms with van der Waals surface area (Å²) in [4.78, 5) is 4.28. The molecule has 100 valence electrons. The monoisotopic (exact) mass is 258 g/mol. The summed E-state index contributed by atoms with van der Waals surface area (Å²) in [5.74, 6) is 2.12. The summed E-state index contributed by atoms with van der Waals surface area (Å²) in [6, 6.07) is 13.1. The van der Waals surface area contributed by atoms with Gasteiger partial charge in [-0.1, -0.05) is 13.0 Å². The zero-order valence-electron chi connectivity index (χ0n) is 11.0. The number of hydrogen-bond donors (Lipinski definition) is 1. The van der Waals surface area contributed by atoms with Gasteiger partial charge in [-0.05, 0) is 36.8 Å². The van der Waals surface area contributed by atoms with Crippen LogP contribution in [0.25, 0.3) is 0 Å². The predicted molar refractivity (Wildman–Crippen MR) is 74.4 cm³/mol. The molecule has 0 amide bonds. The van der Waals surface area contributed by atoms with Gasteiger partial charge >= 0.3 is 0 Å². The summed E-state index contributed by atoms with van der Waals surface area (Å²) >= 11 is 0. The van der Waals surface area contributed by atoms with Crippen LogP contribution < -0.4 is 15.2 Å². The fourth-order valence-corrected chi connectivity index (χ4v) is 1.57. The average Bonchev–Trinajstić information content (AvgIpc) is 2.47. The molecule has 0 saturated carbocycles. The van der Waals surface area contributed by atoms with Crippen molar-refractivity contribution in [3.8, 4) is 17.4 Å². The number of benzene rings is 1. The number of rotatable bonds is 6. The van der Waals surface area contributed by atoms with Crippen LogP contribution in [0, 0.1) is 0 Å². The summed E-state index contributed by atoms with van der Waals surface area (Å²) in [5, 5.41) is 0. The number of nitrogens with two attached hydrogens (primary N) is 1. The molecule has 0 aliphatic carbocycles. The van der Waals surface area contributed by atoms with Gasteiger partial charge in [-0.15, -0.1) is 0 Å². The fraction of sp³-hybridized carbons (Fsp3) is 0.267. The summed E-state index contributed by atoms with van der Waals surface area (Å²) < 4.78 is 11.2. The number of hydrogen-bond acceptors (Lipinski definition) is 4. The van der Waals surface area contributed by atoms with E-state index in [4.69, 9.17) is 15.2 Å². The highest BCUT2D eigenvalue weighted by atomic mass is 16.5. The molecule has 0 spiro atoms. The van der Waals surface area contributed by atoms with Crippen molar-refractivity contribution in [3.63, 3.8) is 0 Å². The Hall–Kier alpha value is -2.07. The number of pyridine rings is 1. The Kier molecular flexibility index (Phi) is 4.75. The first-order valence-electron chi connectivity index (χ1n) is 6.38. The van der Waals surface area contributed by atoms with Gasteiger partial charge in [0.25, 0.3) is 0 Å². The van der Waals surface area contributed by atoms with Gasteiger partial charge in [-0.25, -0.2) is 4.98 Å². The van der Waals surface area contributed by atoms with Crippen molar-refractivity contribution >= 4 is 0 Å². The molecule has 0 fully saturated rings. The van der Waals surface area contributed by atoms with Crippen LogP contribution in [0.1, 0.15) is 19.0 Å². The lowest BCUT2D eigenvalue weighted by Crippen LogP contribution is -2.00. The van der Waals surface area contributed by atoms with Crippen molar-refractivity contribution in [1.82, 2.24) is 4.98 Å². The molecule has 0 atom stereocenters. The smallest absolute Gasteiger partial charge is 0.219 e. The highest BCUT2D eigenvalue weighted by Gasteiger charge is 2.00. The quantitative estimate of drug-likeness (QED) is 0.864. The summed E-state index contributed by atoms with van der Waals surface area (Å²) in [7, 11) is 0. The van der Waals surface area contributed by atoms with Crippen molar-refractivity contribution in [3.05, 3.63) is 48.2 Å². The fourth-order valence-electron chi connectivity index (χ4n) is 1.57. The molecular formula is C15H18N2O2. The summed E-state index contributed by atoms with van der Waals surface area (Å²) in [5.41, 5.74) is 6.35. The Morgan fingerprint density at radius 2 is 1.79 bits per heavy atom. The van der Waals surface area contributed by atoms with Crippen LogP contribution in [0.4, 0.5) is 0 Å². The minimum Gasteiger partial charge on any atom is -0.494 e. The molecular weight excluding hydrogens is 240 g/mol. The topological polar surface area (TPSA) is 57.4 Å². The first-order chi connectivity index (χ1) is 9.31. The van der Waals surface area contributed by atoms with Crippen LogP contribution >= 0.6 is 0 Å². The number of nitrogens with zero attached hydrogens (tertiary/aromatic N) is 1. The highest BCUT2D eigenvalue weighted by molar-refractivity contribution is 5.33. The Bertz CT molecular complexity index is 512. The van der Waals surface area contributed by atoms with Crippen LogP contribution in [0.15, 0.2) is 42.5 Å². The molecule has 0 aliphatic rings. The third kappa shape index (κ3) is 3.96. The molecule has 2 aromatic rings. The molecule has 2 rings (SSSR count). The van der Waals surface area contributed by atoms with Crippen LogP contribution in [0.5, 0.6) is 17.4 Å². The normalized spacial score (nSPS) is 10.2. The van der Waals surface area contributed by atoms with Gasteiger partial charge in [0.15, 0.2) is 0 Å². The van der Waals surface area contributed by atoms with Gasteiger partial charge < -0.3 is 15.2 Å². The van der Waals surface area contributed by atoms with E-state index in [0.717, 1.165) is 30.2 Å². The van der Waals surface area contributed by atoms with Crippen molar-refractivity contribution < 1.29 is 9.47 Å². The summed E-state index contributed by atoms with van der Waals surface area (Å²) in [6.07, 6.45) is 0.994. The third-order valence-corrected chi connectivity index (χ3v) is 2.51. The second-order valence-corrected chi connectivity index (χ2v) is 4.09. The zero-order valence-corrected chi connectivity index (χ0v) is 11.0. The summed E-state index contributed by atoms with van der Waals surface area (Å²) in [6.45, 7) is 3.20. The van der Waals surface area contributed by atoms with Crippen molar-refractivity contribution in [2.24, 2.45) is 5.73 Å². The van der Waals surface area contributed by atoms with E-state index < -0.39 is 0 Å². The molecule has 1 aromatic heterocycles. The lowest BCUT2D eigenvalue weighted by Gasteiger charge is -2.07. The predicted octanol–water partition coefficient (Wildman–Crippen LogP) is 3.12. The Labute approximate surface area is 113 Å². The van der Waals surface area contributed by atoms with Gasteiger partial charge in [0.2, 0.25) is 5.88 Å². The molecule has 0 unspecified atom stereocenters. The van der Waals surface area contributed by atoms with E-state index in [1.807, 2.05) is 36.4 Å². The second-order valence-electron chi connectivity index (χ2n) is 4.09. The van der Waals surface area contributed by atoms with E-state index in [9.17, 15) is 0 Å². The van der Waals surface area contributed by atoms with E-state index >= 15 is 0 Å². The molecule has 0 radical (unpaired) electrons. The Morgan fingerprint density at radius 3 is 2.47 bits per heavy atom. The molecule has 0 bridgehead atoms. The van der Waals surface area contributed by atoms with E-state index in [0.29, 0.717) is 12.4 Å². The first kappa shape index (κ1) is 13.4. The number of aromatic nitrogens is 1. The van der Waals surface area contributed by atoms with Crippen molar-refractivity contribution in [2.45, 2.75) is 19.9 Å². The molecule has 1 aromatic carbocycles. The van der Waals surface area contributed by atoms with Gasteiger partial charge in [-0.3, -0.25) is 0 Å². The van der Waals surface area contributed by atoms with Gasteiger partial charge in [0.1, 0.15) is 11.5 Å². The average molecular weight is 258 g/mol. The van der Waals surface area contributed by atoms with E-state index in [2.05, 4.69) is 11.9 Å². The minimum absolute atomic E-state index is 0.404. The highest BCUT2D eigenvalue weighted by Crippen LogP contribution is 2.22. The van der Waals surface area contributed by atoms with E-state index in [1.54, 1.807) is 6.07 Å². The molecule has 2 N–H and O–H groups in total. The van der Waals surface area contributed by atoms with E-state index in [-0.39, 0.29) is 0 Å². The van der Waals surface area contributed by atoms with Crippen LogP contribution in [0.2, 0.25) is 0 Å².